The van der Waals surface area contributed by atoms with Crippen LogP contribution in [0, 0.1) is 19.7 Å². The van der Waals surface area contributed by atoms with Gasteiger partial charge in [-0.3, -0.25) is 0 Å². The van der Waals surface area contributed by atoms with Gasteiger partial charge in [0.25, 0.3) is 0 Å². The minimum Gasteiger partial charge on any atom is -0.348 e. The molecule has 1 aliphatic rings. The fourth-order valence-corrected chi connectivity index (χ4v) is 4.15. The van der Waals surface area contributed by atoms with E-state index in [-0.39, 0.29) is 11.9 Å². The van der Waals surface area contributed by atoms with Crippen LogP contribution in [0.5, 0.6) is 0 Å². The van der Waals surface area contributed by atoms with Gasteiger partial charge in [-0.1, -0.05) is 18.2 Å². The molecular weight excluding hydrogens is 357 g/mol. The Labute approximate surface area is 164 Å². The highest BCUT2D eigenvalue weighted by Crippen LogP contribution is 2.33. The normalized spacial score (nSPS) is 16.1. The van der Waals surface area contributed by atoms with Crippen molar-refractivity contribution in [3.8, 4) is 0 Å². The highest BCUT2D eigenvalue weighted by atomic mass is 32.1. The number of halogens is 1. The van der Waals surface area contributed by atoms with Crippen molar-refractivity contribution in [2.24, 2.45) is 0 Å². The lowest BCUT2D eigenvalue weighted by atomic mass is 10.0. The summed E-state index contributed by atoms with van der Waals surface area (Å²) in [6.45, 7) is 5.82. The van der Waals surface area contributed by atoms with Gasteiger partial charge in [0.1, 0.15) is 5.82 Å². The van der Waals surface area contributed by atoms with E-state index in [2.05, 4.69) is 65.2 Å². The second kappa shape index (κ2) is 7.16. The molecule has 138 valence electrons. The predicted molar refractivity (Wildman–Crippen MR) is 112 cm³/mol. The van der Waals surface area contributed by atoms with Crippen molar-refractivity contribution in [3.63, 3.8) is 0 Å². The molecule has 1 aliphatic heterocycles. The number of rotatable bonds is 2. The van der Waals surface area contributed by atoms with Gasteiger partial charge < -0.3 is 14.8 Å². The van der Waals surface area contributed by atoms with E-state index in [0.717, 1.165) is 30.0 Å². The summed E-state index contributed by atoms with van der Waals surface area (Å²) < 4.78 is 15.7. The second-order valence-electron chi connectivity index (χ2n) is 7.08. The van der Waals surface area contributed by atoms with Crippen LogP contribution in [0.15, 0.2) is 60.8 Å². The van der Waals surface area contributed by atoms with Gasteiger partial charge in [0.05, 0.1) is 6.04 Å². The van der Waals surface area contributed by atoms with Gasteiger partial charge in [0.2, 0.25) is 0 Å². The topological polar surface area (TPSA) is 20.2 Å². The average molecular weight is 380 g/mol. The summed E-state index contributed by atoms with van der Waals surface area (Å²) >= 11 is 5.78. The van der Waals surface area contributed by atoms with Crippen LogP contribution in [0.1, 0.15) is 28.4 Å². The quantitative estimate of drug-likeness (QED) is 0.630. The summed E-state index contributed by atoms with van der Waals surface area (Å²) in [5.41, 5.74) is 5.58. The van der Waals surface area contributed by atoms with Crippen LogP contribution in [-0.4, -0.2) is 21.1 Å². The number of aromatic nitrogens is 1. The molecule has 3 nitrogen and oxygen atoms in total. The Bertz CT molecular complexity index is 957. The largest absolute Gasteiger partial charge is 0.348 e. The average Bonchev–Trinajstić information content (AvgIpc) is 3.09. The van der Waals surface area contributed by atoms with Gasteiger partial charge in [0, 0.05) is 30.7 Å². The molecular formula is C22H22FN3S. The maximum Gasteiger partial charge on any atom is 0.174 e. The van der Waals surface area contributed by atoms with E-state index in [9.17, 15) is 4.39 Å². The van der Waals surface area contributed by atoms with Gasteiger partial charge in [-0.05, 0) is 79.2 Å². The molecule has 3 aromatic rings. The van der Waals surface area contributed by atoms with Crippen LogP contribution >= 0.6 is 12.2 Å². The molecule has 0 unspecified atom stereocenters. The summed E-state index contributed by atoms with van der Waals surface area (Å²) in [6, 6.07) is 17.2. The third-order valence-corrected chi connectivity index (χ3v) is 5.29. The SMILES string of the molecule is Cc1cc(C)cc(NC(=S)N2CCn3cccc3[C@@H]2c2ccc(F)cc2)c1. The molecule has 0 amide bonds. The van der Waals surface area contributed by atoms with Crippen LogP contribution in [0.3, 0.4) is 0 Å². The Morgan fingerprint density at radius 1 is 1.04 bits per heavy atom. The van der Waals surface area contributed by atoms with E-state index >= 15 is 0 Å². The monoisotopic (exact) mass is 379 g/mol. The minimum absolute atomic E-state index is 0.0414. The van der Waals surface area contributed by atoms with Crippen molar-refractivity contribution in [2.45, 2.75) is 26.4 Å². The molecule has 4 rings (SSSR count). The Morgan fingerprint density at radius 2 is 1.74 bits per heavy atom. The van der Waals surface area contributed by atoms with Crippen LogP contribution in [0.25, 0.3) is 0 Å². The van der Waals surface area contributed by atoms with Crippen molar-refractivity contribution in [1.82, 2.24) is 9.47 Å². The zero-order chi connectivity index (χ0) is 19.0. The molecule has 0 spiro atoms. The summed E-state index contributed by atoms with van der Waals surface area (Å²) in [7, 11) is 0. The van der Waals surface area contributed by atoms with E-state index < -0.39 is 0 Å². The smallest absolute Gasteiger partial charge is 0.174 e. The fourth-order valence-electron chi connectivity index (χ4n) is 3.84. The molecule has 0 radical (unpaired) electrons. The van der Waals surface area contributed by atoms with E-state index in [4.69, 9.17) is 12.2 Å². The summed E-state index contributed by atoms with van der Waals surface area (Å²) in [4.78, 5) is 2.19. The molecule has 0 fully saturated rings. The number of hydrogen-bond acceptors (Lipinski definition) is 1. The molecule has 2 aromatic carbocycles. The lowest BCUT2D eigenvalue weighted by molar-refractivity contribution is 0.293. The third kappa shape index (κ3) is 3.60. The number of anilines is 1. The maximum atomic E-state index is 13.5. The van der Waals surface area contributed by atoms with Gasteiger partial charge >= 0.3 is 0 Å². The summed E-state index contributed by atoms with van der Waals surface area (Å²) in [6.07, 6.45) is 2.09. The first-order valence-electron chi connectivity index (χ1n) is 9.08. The van der Waals surface area contributed by atoms with Crippen molar-refractivity contribution >= 4 is 23.0 Å². The number of fused-ring (bicyclic) bond motifs is 1. The van der Waals surface area contributed by atoms with E-state index in [1.165, 1.54) is 23.3 Å². The number of benzene rings is 2. The Kier molecular flexibility index (Phi) is 4.70. The van der Waals surface area contributed by atoms with Crippen LogP contribution in [0.2, 0.25) is 0 Å². The van der Waals surface area contributed by atoms with Gasteiger partial charge in [-0.2, -0.15) is 0 Å². The van der Waals surface area contributed by atoms with Crippen molar-refractivity contribution in [2.75, 3.05) is 11.9 Å². The molecule has 0 saturated carbocycles. The Morgan fingerprint density at radius 3 is 2.44 bits per heavy atom. The molecule has 1 N–H and O–H groups in total. The van der Waals surface area contributed by atoms with Crippen molar-refractivity contribution in [1.29, 1.82) is 0 Å². The first-order valence-corrected chi connectivity index (χ1v) is 9.48. The lowest BCUT2D eigenvalue weighted by Gasteiger charge is -2.39. The van der Waals surface area contributed by atoms with Gasteiger partial charge in [-0.15, -0.1) is 0 Å². The summed E-state index contributed by atoms with van der Waals surface area (Å²) in [5, 5.41) is 4.08. The molecule has 27 heavy (non-hydrogen) atoms. The second-order valence-corrected chi connectivity index (χ2v) is 7.47. The Balaban J connectivity index is 1.67. The Hall–Kier alpha value is -2.66. The molecule has 0 saturated heterocycles. The van der Waals surface area contributed by atoms with Gasteiger partial charge in [-0.25, -0.2) is 4.39 Å². The number of nitrogens with zero attached hydrogens (tertiary/aromatic N) is 2. The lowest BCUT2D eigenvalue weighted by Crippen LogP contribution is -2.44. The predicted octanol–water partition coefficient (Wildman–Crippen LogP) is 5.05. The number of thiocarbonyl (C=S) groups is 1. The minimum atomic E-state index is -0.229. The zero-order valence-electron chi connectivity index (χ0n) is 15.4. The molecule has 0 bridgehead atoms. The molecule has 2 heterocycles. The highest BCUT2D eigenvalue weighted by Gasteiger charge is 2.30. The summed E-state index contributed by atoms with van der Waals surface area (Å²) in [5.74, 6) is -0.229. The molecule has 0 aliphatic carbocycles. The van der Waals surface area contributed by atoms with Crippen molar-refractivity contribution < 1.29 is 4.39 Å². The van der Waals surface area contributed by atoms with Crippen LogP contribution in [-0.2, 0) is 6.54 Å². The first-order chi connectivity index (χ1) is 13.0. The number of hydrogen-bond donors (Lipinski definition) is 1. The number of aryl methyl sites for hydroxylation is 2. The van der Waals surface area contributed by atoms with E-state index in [1.54, 1.807) is 0 Å². The van der Waals surface area contributed by atoms with Gasteiger partial charge in [0.15, 0.2) is 5.11 Å². The zero-order valence-corrected chi connectivity index (χ0v) is 16.3. The highest BCUT2D eigenvalue weighted by molar-refractivity contribution is 7.80. The molecule has 5 heteroatoms. The third-order valence-electron chi connectivity index (χ3n) is 4.96. The molecule has 1 atom stereocenters. The van der Waals surface area contributed by atoms with E-state index in [0.29, 0.717) is 5.11 Å². The fraction of sp³-hybridized carbons (Fsp3) is 0.227. The standard InChI is InChI=1S/C22H22FN3S/c1-15-12-16(2)14-19(13-15)24-22(27)26-11-10-25-9-3-4-20(25)21(26)17-5-7-18(23)8-6-17/h3-9,12-14,21H,10-11H2,1-2H3,(H,24,27)/t21-/m0/s1. The molecule has 1 aromatic heterocycles. The number of nitrogens with one attached hydrogen (secondary N) is 1. The maximum absolute atomic E-state index is 13.5. The van der Waals surface area contributed by atoms with Crippen LogP contribution < -0.4 is 5.32 Å². The van der Waals surface area contributed by atoms with E-state index in [1.807, 2.05) is 12.1 Å². The van der Waals surface area contributed by atoms with Crippen molar-refractivity contribution in [3.05, 3.63) is 89.0 Å². The van der Waals surface area contributed by atoms with Crippen LogP contribution in [0.4, 0.5) is 10.1 Å². The first kappa shape index (κ1) is 17.7.